The topological polar surface area (TPSA) is 38.5 Å². The summed E-state index contributed by atoms with van der Waals surface area (Å²) in [7, 11) is 3.89. The van der Waals surface area contributed by atoms with Crippen molar-refractivity contribution in [1.29, 1.82) is 0 Å². The molecule has 0 radical (unpaired) electrons. The first-order valence-electron chi connectivity index (χ1n) is 6.69. The van der Waals surface area contributed by atoms with Crippen LogP contribution in [-0.2, 0) is 6.42 Å². The van der Waals surface area contributed by atoms with E-state index in [0.717, 1.165) is 38.2 Å². The standard InChI is InChI=1S/C15H26N2O/c1-13-12-14(6-7-15(13)18-3)8-11-17(2)10-5-4-9-16/h6-7,12H,4-5,8-11,16H2,1-3H3. The summed E-state index contributed by atoms with van der Waals surface area (Å²) >= 11 is 0. The molecule has 0 spiro atoms. The van der Waals surface area contributed by atoms with Crippen LogP contribution in [0.5, 0.6) is 5.75 Å². The monoisotopic (exact) mass is 250 g/mol. The van der Waals surface area contributed by atoms with Gasteiger partial charge in [0.25, 0.3) is 0 Å². The maximum Gasteiger partial charge on any atom is 0.121 e. The summed E-state index contributed by atoms with van der Waals surface area (Å²) in [6.07, 6.45) is 3.39. The van der Waals surface area contributed by atoms with Crippen molar-refractivity contribution < 1.29 is 4.74 Å². The molecule has 3 heteroatoms. The Kier molecular flexibility index (Phi) is 6.76. The van der Waals surface area contributed by atoms with E-state index in [9.17, 15) is 0 Å². The SMILES string of the molecule is COc1ccc(CCN(C)CCCCN)cc1C. The summed E-state index contributed by atoms with van der Waals surface area (Å²) in [5, 5.41) is 0. The molecule has 18 heavy (non-hydrogen) atoms. The first-order chi connectivity index (χ1) is 8.67. The molecule has 0 amide bonds. The first-order valence-corrected chi connectivity index (χ1v) is 6.69. The Morgan fingerprint density at radius 2 is 2.00 bits per heavy atom. The first kappa shape index (κ1) is 15.0. The van der Waals surface area contributed by atoms with Gasteiger partial charge >= 0.3 is 0 Å². The predicted molar refractivity (Wildman–Crippen MR) is 77.2 cm³/mol. The van der Waals surface area contributed by atoms with E-state index < -0.39 is 0 Å². The number of likely N-dealkylation sites (N-methyl/N-ethyl adjacent to an activating group) is 1. The number of hydrogen-bond donors (Lipinski definition) is 1. The fraction of sp³-hybridized carbons (Fsp3) is 0.600. The lowest BCUT2D eigenvalue weighted by Gasteiger charge is -2.16. The van der Waals surface area contributed by atoms with Gasteiger partial charge in [-0.15, -0.1) is 0 Å². The normalized spacial score (nSPS) is 10.9. The van der Waals surface area contributed by atoms with Crippen molar-refractivity contribution in [2.45, 2.75) is 26.2 Å². The van der Waals surface area contributed by atoms with Crippen LogP contribution in [0.1, 0.15) is 24.0 Å². The van der Waals surface area contributed by atoms with Crippen molar-refractivity contribution >= 4 is 0 Å². The summed E-state index contributed by atoms with van der Waals surface area (Å²) in [5.41, 5.74) is 8.08. The molecule has 2 N–H and O–H groups in total. The molecule has 0 bridgehead atoms. The highest BCUT2D eigenvalue weighted by Gasteiger charge is 2.02. The molecule has 1 aromatic rings. The lowest BCUT2D eigenvalue weighted by molar-refractivity contribution is 0.330. The summed E-state index contributed by atoms with van der Waals surface area (Å²) in [6.45, 7) is 5.11. The third-order valence-corrected chi connectivity index (χ3v) is 3.24. The lowest BCUT2D eigenvalue weighted by Crippen LogP contribution is -2.23. The Morgan fingerprint density at radius 1 is 1.22 bits per heavy atom. The van der Waals surface area contributed by atoms with Crippen LogP contribution in [0.2, 0.25) is 0 Å². The number of nitrogens with zero attached hydrogens (tertiary/aromatic N) is 1. The molecule has 0 saturated heterocycles. The maximum atomic E-state index is 5.49. The fourth-order valence-electron chi connectivity index (χ4n) is 2.05. The molecule has 0 unspecified atom stereocenters. The van der Waals surface area contributed by atoms with E-state index in [1.807, 2.05) is 0 Å². The molecule has 1 aromatic carbocycles. The number of nitrogens with two attached hydrogens (primary N) is 1. The van der Waals surface area contributed by atoms with Gasteiger partial charge in [0.1, 0.15) is 5.75 Å². The second-order valence-electron chi connectivity index (χ2n) is 4.85. The van der Waals surface area contributed by atoms with Crippen LogP contribution in [0.4, 0.5) is 0 Å². The molecule has 1 rings (SSSR count). The number of aryl methyl sites for hydroxylation is 1. The summed E-state index contributed by atoms with van der Waals surface area (Å²) < 4.78 is 5.27. The number of rotatable bonds is 8. The molecule has 0 aliphatic rings. The van der Waals surface area contributed by atoms with E-state index >= 15 is 0 Å². The van der Waals surface area contributed by atoms with Gasteiger partial charge in [-0.25, -0.2) is 0 Å². The van der Waals surface area contributed by atoms with Crippen molar-refractivity contribution in [2.24, 2.45) is 5.73 Å². The van der Waals surface area contributed by atoms with Crippen LogP contribution < -0.4 is 10.5 Å². The maximum absolute atomic E-state index is 5.49. The number of ether oxygens (including phenoxy) is 1. The van der Waals surface area contributed by atoms with E-state index in [4.69, 9.17) is 10.5 Å². The van der Waals surface area contributed by atoms with Crippen LogP contribution in [0.3, 0.4) is 0 Å². The molecule has 0 aromatic heterocycles. The molecule has 3 nitrogen and oxygen atoms in total. The van der Waals surface area contributed by atoms with E-state index in [1.54, 1.807) is 7.11 Å². The van der Waals surface area contributed by atoms with Crippen molar-refractivity contribution in [3.63, 3.8) is 0 Å². The van der Waals surface area contributed by atoms with Crippen LogP contribution in [0, 0.1) is 6.92 Å². The lowest BCUT2D eigenvalue weighted by atomic mass is 10.1. The molecular formula is C15H26N2O. The van der Waals surface area contributed by atoms with Crippen molar-refractivity contribution in [1.82, 2.24) is 4.90 Å². The van der Waals surface area contributed by atoms with Gasteiger partial charge in [0.05, 0.1) is 7.11 Å². The third kappa shape index (κ3) is 5.07. The minimum absolute atomic E-state index is 0.797. The van der Waals surface area contributed by atoms with Crippen LogP contribution in [0.25, 0.3) is 0 Å². The molecule has 0 aliphatic carbocycles. The minimum Gasteiger partial charge on any atom is -0.496 e. The van der Waals surface area contributed by atoms with Gasteiger partial charge in [-0.3, -0.25) is 0 Å². The molecule has 0 heterocycles. The predicted octanol–water partition coefficient (Wildman–Crippen LogP) is 2.22. The Bertz CT molecular complexity index is 352. The van der Waals surface area contributed by atoms with E-state index in [2.05, 4.69) is 37.1 Å². The van der Waals surface area contributed by atoms with Gasteiger partial charge in [0, 0.05) is 6.54 Å². The fourth-order valence-corrected chi connectivity index (χ4v) is 2.05. The molecule has 0 fully saturated rings. The zero-order chi connectivity index (χ0) is 13.4. The van der Waals surface area contributed by atoms with Crippen molar-refractivity contribution in [3.05, 3.63) is 29.3 Å². The van der Waals surface area contributed by atoms with Crippen LogP contribution in [-0.4, -0.2) is 38.7 Å². The Morgan fingerprint density at radius 3 is 2.61 bits per heavy atom. The number of benzene rings is 1. The number of hydrogen-bond acceptors (Lipinski definition) is 3. The average Bonchev–Trinajstić information content (AvgIpc) is 2.37. The van der Waals surface area contributed by atoms with Crippen LogP contribution in [0.15, 0.2) is 18.2 Å². The molecule has 0 aliphatic heterocycles. The highest BCUT2D eigenvalue weighted by molar-refractivity contribution is 5.36. The average molecular weight is 250 g/mol. The second-order valence-corrected chi connectivity index (χ2v) is 4.85. The van der Waals surface area contributed by atoms with Crippen molar-refractivity contribution in [3.8, 4) is 5.75 Å². The van der Waals surface area contributed by atoms with Gasteiger partial charge < -0.3 is 15.4 Å². The summed E-state index contributed by atoms with van der Waals surface area (Å²) in [5.74, 6) is 0.968. The summed E-state index contributed by atoms with van der Waals surface area (Å²) in [4.78, 5) is 2.37. The molecule has 0 saturated carbocycles. The minimum atomic E-state index is 0.797. The number of methoxy groups -OCH3 is 1. The Labute approximate surface area is 111 Å². The van der Waals surface area contributed by atoms with Gasteiger partial charge in [0.15, 0.2) is 0 Å². The molecular weight excluding hydrogens is 224 g/mol. The Balaban J connectivity index is 2.36. The van der Waals surface area contributed by atoms with E-state index in [0.29, 0.717) is 0 Å². The largest absolute Gasteiger partial charge is 0.496 e. The zero-order valence-electron chi connectivity index (χ0n) is 11.9. The van der Waals surface area contributed by atoms with Gasteiger partial charge in [-0.2, -0.15) is 0 Å². The third-order valence-electron chi connectivity index (χ3n) is 3.24. The van der Waals surface area contributed by atoms with E-state index in [-0.39, 0.29) is 0 Å². The van der Waals surface area contributed by atoms with Gasteiger partial charge in [-0.1, -0.05) is 12.1 Å². The number of unbranched alkanes of at least 4 members (excludes halogenated alkanes) is 1. The van der Waals surface area contributed by atoms with Crippen LogP contribution >= 0.6 is 0 Å². The highest BCUT2D eigenvalue weighted by atomic mass is 16.5. The quantitative estimate of drug-likeness (QED) is 0.719. The molecule has 0 atom stereocenters. The summed E-state index contributed by atoms with van der Waals surface area (Å²) in [6, 6.07) is 6.42. The van der Waals surface area contributed by atoms with Crippen molar-refractivity contribution in [2.75, 3.05) is 33.8 Å². The van der Waals surface area contributed by atoms with E-state index in [1.165, 1.54) is 17.5 Å². The Hall–Kier alpha value is -1.06. The van der Waals surface area contributed by atoms with Gasteiger partial charge in [-0.05, 0) is 63.5 Å². The second kappa shape index (κ2) is 8.11. The van der Waals surface area contributed by atoms with Gasteiger partial charge in [0.2, 0.25) is 0 Å². The molecule has 102 valence electrons. The highest BCUT2D eigenvalue weighted by Crippen LogP contribution is 2.18. The zero-order valence-corrected chi connectivity index (χ0v) is 11.9. The smallest absolute Gasteiger partial charge is 0.121 e.